The van der Waals surface area contributed by atoms with E-state index in [1.807, 2.05) is 0 Å². The van der Waals surface area contributed by atoms with Crippen molar-refractivity contribution in [2.24, 2.45) is 0 Å². The summed E-state index contributed by atoms with van der Waals surface area (Å²) in [5.74, 6) is -3.25. The van der Waals surface area contributed by atoms with Gasteiger partial charge in [0, 0.05) is 13.3 Å². The molecule has 0 heterocycles. The van der Waals surface area contributed by atoms with Crippen LogP contribution in [0.15, 0.2) is 0 Å². The minimum absolute atomic E-state index is 0.280. The zero-order valence-electron chi connectivity index (χ0n) is 22.4. The molecule has 2 atom stereocenters. The smallest absolute Gasteiger partial charge is 0.326 e. The Morgan fingerprint density at radius 1 is 0.694 bits per heavy atom. The van der Waals surface area contributed by atoms with Crippen molar-refractivity contribution in [1.29, 1.82) is 0 Å². The topological polar surface area (TPSA) is 139 Å². The van der Waals surface area contributed by atoms with E-state index in [0.29, 0.717) is 0 Å². The number of rotatable bonds is 24. The highest BCUT2D eigenvalue weighted by Crippen LogP contribution is 2.14. The molecule has 0 rings (SSSR count). The van der Waals surface area contributed by atoms with E-state index in [9.17, 15) is 24.3 Å². The number of carboxylic acid groups (broad SMARTS) is 1. The predicted octanol–water partition coefficient (Wildman–Crippen LogP) is 4.67. The highest BCUT2D eigenvalue weighted by Gasteiger charge is 2.23. The molecule has 2 unspecified atom stereocenters. The molecule has 0 saturated heterocycles. The van der Waals surface area contributed by atoms with Gasteiger partial charge in [-0.25, -0.2) is 4.79 Å². The van der Waals surface area contributed by atoms with Crippen molar-refractivity contribution in [3.63, 3.8) is 0 Å². The van der Waals surface area contributed by atoms with Crippen LogP contribution in [0.1, 0.15) is 123 Å². The summed E-state index contributed by atoms with van der Waals surface area (Å²) in [7, 11) is 0. The van der Waals surface area contributed by atoms with Gasteiger partial charge in [-0.1, -0.05) is 96.8 Å². The molecule has 0 aliphatic heterocycles. The molecule has 0 radical (unpaired) electrons. The zero-order valence-corrected chi connectivity index (χ0v) is 22.4. The van der Waals surface area contributed by atoms with Crippen LogP contribution in [-0.4, -0.2) is 59.4 Å². The fraction of sp³-hybridized carbons (Fsp3) is 0.852. The molecular formula is C27H49NO8. The van der Waals surface area contributed by atoms with Crippen molar-refractivity contribution in [1.82, 2.24) is 5.32 Å². The minimum atomic E-state index is -1.40. The molecule has 0 saturated carbocycles. The van der Waals surface area contributed by atoms with Gasteiger partial charge in [0.1, 0.15) is 25.4 Å². The first-order valence-corrected chi connectivity index (χ1v) is 13.8. The molecule has 36 heavy (non-hydrogen) atoms. The maximum absolute atomic E-state index is 11.8. The lowest BCUT2D eigenvalue weighted by Gasteiger charge is -2.14. The average Bonchev–Trinajstić information content (AvgIpc) is 2.83. The average molecular weight is 516 g/mol. The lowest BCUT2D eigenvalue weighted by atomic mass is 10.0. The standard InChI is InChI=1S/C27H49NO8/c1-3-4-5-6-7-8-9-10-11-12-13-14-15-16-17-18-25(31)35-20-23(30)21-36-26(32)19-24(27(33)34)28-22(2)29/h23-24,30H,3-21H2,1-2H3,(H,28,29)(H,33,34). The number of aliphatic hydroxyl groups is 1. The summed E-state index contributed by atoms with van der Waals surface area (Å²) in [6.45, 7) is 2.64. The molecule has 9 heteroatoms. The molecule has 0 aromatic heterocycles. The number of carbonyl (C=O) groups excluding carboxylic acids is 3. The summed E-state index contributed by atoms with van der Waals surface area (Å²) < 4.78 is 9.79. The molecular weight excluding hydrogens is 466 g/mol. The van der Waals surface area contributed by atoms with Gasteiger partial charge in [-0.15, -0.1) is 0 Å². The van der Waals surface area contributed by atoms with Gasteiger partial charge in [0.15, 0.2) is 0 Å². The molecule has 0 bridgehead atoms. The number of carboxylic acids is 1. The van der Waals surface area contributed by atoms with Crippen molar-refractivity contribution in [2.45, 2.75) is 135 Å². The molecule has 0 aromatic rings. The maximum Gasteiger partial charge on any atom is 0.326 e. The van der Waals surface area contributed by atoms with E-state index in [0.717, 1.165) is 26.2 Å². The summed E-state index contributed by atoms with van der Waals surface area (Å²) in [6.07, 6.45) is 17.2. The number of hydrogen-bond donors (Lipinski definition) is 3. The van der Waals surface area contributed by atoms with Gasteiger partial charge in [0.2, 0.25) is 5.91 Å². The first-order chi connectivity index (χ1) is 17.3. The van der Waals surface area contributed by atoms with Crippen LogP contribution in [0.3, 0.4) is 0 Å². The van der Waals surface area contributed by atoms with Crippen LogP contribution in [-0.2, 0) is 28.7 Å². The molecule has 1 amide bonds. The van der Waals surface area contributed by atoms with Gasteiger partial charge in [-0.05, 0) is 6.42 Å². The number of amides is 1. The fourth-order valence-corrected chi connectivity index (χ4v) is 3.81. The van der Waals surface area contributed by atoms with Crippen LogP contribution >= 0.6 is 0 Å². The van der Waals surface area contributed by atoms with E-state index in [-0.39, 0.29) is 13.0 Å². The SMILES string of the molecule is CCCCCCCCCCCCCCCCCC(=O)OCC(O)COC(=O)CC(NC(C)=O)C(=O)O. The largest absolute Gasteiger partial charge is 0.480 e. The predicted molar refractivity (Wildman–Crippen MR) is 137 cm³/mol. The monoisotopic (exact) mass is 515 g/mol. The highest BCUT2D eigenvalue weighted by atomic mass is 16.6. The van der Waals surface area contributed by atoms with Gasteiger partial charge in [-0.3, -0.25) is 14.4 Å². The third-order valence-corrected chi connectivity index (χ3v) is 5.90. The van der Waals surface area contributed by atoms with Crippen molar-refractivity contribution in [2.75, 3.05) is 13.2 Å². The van der Waals surface area contributed by atoms with Crippen LogP contribution in [0, 0.1) is 0 Å². The molecule has 210 valence electrons. The maximum atomic E-state index is 11.8. The molecule has 3 N–H and O–H groups in total. The molecule has 0 fully saturated rings. The molecule has 0 aliphatic carbocycles. The number of ether oxygens (including phenoxy) is 2. The Kier molecular flexibility index (Phi) is 21.9. The van der Waals surface area contributed by atoms with Crippen LogP contribution in [0.2, 0.25) is 0 Å². The Balaban J connectivity index is 3.60. The van der Waals surface area contributed by atoms with Crippen LogP contribution < -0.4 is 5.32 Å². The van der Waals surface area contributed by atoms with Crippen molar-refractivity contribution in [3.05, 3.63) is 0 Å². The second-order valence-corrected chi connectivity index (χ2v) is 9.52. The summed E-state index contributed by atoms with van der Waals surface area (Å²) in [5, 5.41) is 20.9. The van der Waals surface area contributed by atoms with E-state index < -0.39 is 49.0 Å². The Bertz CT molecular complexity index is 611. The number of aliphatic hydroxyl groups excluding tert-OH is 1. The Morgan fingerprint density at radius 3 is 1.53 bits per heavy atom. The van der Waals surface area contributed by atoms with E-state index in [2.05, 4.69) is 12.2 Å². The normalized spacial score (nSPS) is 12.5. The number of aliphatic carboxylic acids is 1. The van der Waals surface area contributed by atoms with Gasteiger partial charge in [-0.2, -0.15) is 0 Å². The second-order valence-electron chi connectivity index (χ2n) is 9.52. The molecule has 0 aromatic carbocycles. The van der Waals surface area contributed by atoms with E-state index in [1.165, 1.54) is 77.0 Å². The number of unbranched alkanes of at least 4 members (excludes halogenated alkanes) is 14. The van der Waals surface area contributed by atoms with Gasteiger partial charge >= 0.3 is 17.9 Å². The molecule has 0 aliphatic rings. The Hall–Kier alpha value is -2.16. The number of esters is 2. The molecule has 0 spiro atoms. The van der Waals surface area contributed by atoms with Crippen LogP contribution in [0.25, 0.3) is 0 Å². The van der Waals surface area contributed by atoms with Crippen molar-refractivity contribution in [3.8, 4) is 0 Å². The van der Waals surface area contributed by atoms with Crippen molar-refractivity contribution < 1.29 is 38.9 Å². The van der Waals surface area contributed by atoms with E-state index >= 15 is 0 Å². The lowest BCUT2D eigenvalue weighted by Crippen LogP contribution is -2.41. The lowest BCUT2D eigenvalue weighted by molar-refractivity contribution is -0.155. The van der Waals surface area contributed by atoms with E-state index in [4.69, 9.17) is 14.6 Å². The quantitative estimate of drug-likeness (QED) is 0.124. The Morgan fingerprint density at radius 2 is 1.11 bits per heavy atom. The van der Waals surface area contributed by atoms with E-state index in [1.54, 1.807) is 0 Å². The third-order valence-electron chi connectivity index (χ3n) is 5.90. The number of carbonyl (C=O) groups is 4. The van der Waals surface area contributed by atoms with Crippen LogP contribution in [0.5, 0.6) is 0 Å². The Labute approximate surface area is 216 Å². The summed E-state index contributed by atoms with van der Waals surface area (Å²) >= 11 is 0. The van der Waals surface area contributed by atoms with Crippen LogP contribution in [0.4, 0.5) is 0 Å². The fourth-order valence-electron chi connectivity index (χ4n) is 3.81. The minimum Gasteiger partial charge on any atom is -0.480 e. The first-order valence-electron chi connectivity index (χ1n) is 13.8. The van der Waals surface area contributed by atoms with Crippen molar-refractivity contribution >= 4 is 23.8 Å². The zero-order chi connectivity index (χ0) is 27.0. The highest BCUT2D eigenvalue weighted by molar-refractivity contribution is 5.86. The van der Waals surface area contributed by atoms with Gasteiger partial charge in [0.25, 0.3) is 0 Å². The number of hydrogen-bond acceptors (Lipinski definition) is 7. The summed E-state index contributed by atoms with van der Waals surface area (Å²) in [4.78, 5) is 45.5. The number of nitrogens with one attached hydrogen (secondary N) is 1. The second kappa shape index (κ2) is 23.3. The van der Waals surface area contributed by atoms with Gasteiger partial charge < -0.3 is 25.0 Å². The molecule has 9 nitrogen and oxygen atoms in total. The summed E-state index contributed by atoms with van der Waals surface area (Å²) in [5.41, 5.74) is 0. The summed E-state index contributed by atoms with van der Waals surface area (Å²) in [6, 6.07) is -1.40. The third kappa shape index (κ3) is 22.3. The van der Waals surface area contributed by atoms with Gasteiger partial charge in [0.05, 0.1) is 6.42 Å². The first kappa shape index (κ1) is 33.8.